The number of hydrogen-bond donors (Lipinski definition) is 1. The average molecular weight is 342 g/mol. The van der Waals surface area contributed by atoms with Crippen LogP contribution in [0.4, 0.5) is 11.4 Å². The number of anilines is 2. The fraction of sp³-hybridized carbons (Fsp3) is 0.727. The van der Waals surface area contributed by atoms with Crippen molar-refractivity contribution in [1.29, 1.82) is 0 Å². The molecule has 2 heterocycles. The molecule has 0 radical (unpaired) electrons. The van der Waals surface area contributed by atoms with Crippen LogP contribution < -0.4 is 10.2 Å². The molecule has 1 aromatic carbocycles. The lowest BCUT2D eigenvalue weighted by atomic mass is 9.79. The molecule has 25 heavy (non-hydrogen) atoms. The normalized spacial score (nSPS) is 25.1. The van der Waals surface area contributed by atoms with Crippen LogP contribution in [0, 0.1) is 0 Å². The molecule has 1 N–H and O–H groups in total. The maximum atomic E-state index is 3.57. The molecule has 0 atom stereocenters. The third-order valence-electron chi connectivity index (χ3n) is 7.17. The summed E-state index contributed by atoms with van der Waals surface area (Å²) in [6.07, 6.45) is 14.1. The zero-order chi connectivity index (χ0) is 17.1. The molecule has 3 aliphatic rings. The van der Waals surface area contributed by atoms with E-state index in [9.17, 15) is 0 Å². The number of benzene rings is 1. The van der Waals surface area contributed by atoms with Crippen LogP contribution in [0.2, 0.25) is 0 Å². The zero-order valence-corrected chi connectivity index (χ0v) is 16.0. The first-order valence-corrected chi connectivity index (χ1v) is 10.7. The topological polar surface area (TPSA) is 18.5 Å². The van der Waals surface area contributed by atoms with Crippen LogP contribution in [0.3, 0.4) is 0 Å². The van der Waals surface area contributed by atoms with E-state index < -0.39 is 0 Å². The van der Waals surface area contributed by atoms with Gasteiger partial charge < -0.3 is 10.2 Å². The molecule has 1 saturated carbocycles. The van der Waals surface area contributed by atoms with Crippen LogP contribution in [0.25, 0.3) is 0 Å². The highest BCUT2D eigenvalue weighted by Gasteiger charge is 2.38. The van der Waals surface area contributed by atoms with E-state index in [0.29, 0.717) is 11.6 Å². The lowest BCUT2D eigenvalue weighted by Crippen LogP contribution is -2.55. The van der Waals surface area contributed by atoms with Gasteiger partial charge in [0.15, 0.2) is 0 Å². The van der Waals surface area contributed by atoms with Crippen molar-refractivity contribution in [2.75, 3.05) is 30.0 Å². The minimum absolute atomic E-state index is 0.507. The maximum Gasteiger partial charge on any atom is 0.0880 e. The zero-order valence-electron chi connectivity index (χ0n) is 16.0. The number of nitrogens with zero attached hydrogens (tertiary/aromatic N) is 2. The molecule has 4 rings (SSSR count). The van der Waals surface area contributed by atoms with Crippen molar-refractivity contribution in [2.45, 2.75) is 82.7 Å². The Hall–Kier alpha value is -1.22. The first kappa shape index (κ1) is 17.2. The van der Waals surface area contributed by atoms with Gasteiger partial charge in [-0.05, 0) is 44.2 Å². The van der Waals surface area contributed by atoms with Crippen molar-refractivity contribution in [3.63, 3.8) is 0 Å². The summed E-state index contributed by atoms with van der Waals surface area (Å²) in [5, 5.41) is 3.57. The highest BCUT2D eigenvalue weighted by molar-refractivity contribution is 5.74. The second-order valence-corrected chi connectivity index (χ2v) is 8.39. The quantitative estimate of drug-likeness (QED) is 0.812. The van der Waals surface area contributed by atoms with Gasteiger partial charge in [-0.3, -0.25) is 4.90 Å². The predicted octanol–water partition coefficient (Wildman–Crippen LogP) is 5.23. The molecule has 0 bridgehead atoms. The van der Waals surface area contributed by atoms with Crippen LogP contribution in [0.5, 0.6) is 0 Å². The summed E-state index contributed by atoms with van der Waals surface area (Å²) < 4.78 is 0. The molecular weight excluding hydrogens is 306 g/mol. The van der Waals surface area contributed by atoms with Gasteiger partial charge in [-0.25, -0.2) is 0 Å². The third-order valence-corrected chi connectivity index (χ3v) is 7.17. The third kappa shape index (κ3) is 3.40. The second-order valence-electron chi connectivity index (χ2n) is 8.39. The van der Waals surface area contributed by atoms with Gasteiger partial charge in [0.25, 0.3) is 0 Å². The first-order chi connectivity index (χ1) is 12.3. The number of fused-ring (bicyclic) bond motifs is 1. The molecule has 2 aliphatic heterocycles. The molecule has 1 saturated heterocycles. The highest BCUT2D eigenvalue weighted by atomic mass is 15.3. The van der Waals surface area contributed by atoms with Crippen molar-refractivity contribution in [3.8, 4) is 0 Å². The maximum absolute atomic E-state index is 3.57. The molecular formula is C22H35N3. The Bertz CT molecular complexity index is 554. The summed E-state index contributed by atoms with van der Waals surface area (Å²) in [6, 6.07) is 9.51. The molecule has 0 unspecified atom stereocenters. The lowest BCUT2D eigenvalue weighted by Gasteiger charge is -2.49. The van der Waals surface area contributed by atoms with Gasteiger partial charge in [0, 0.05) is 24.7 Å². The van der Waals surface area contributed by atoms with Crippen molar-refractivity contribution in [1.82, 2.24) is 4.90 Å². The number of hydrogen-bond acceptors (Lipinski definition) is 3. The van der Waals surface area contributed by atoms with Crippen LogP contribution in [0.1, 0.15) is 71.1 Å². The van der Waals surface area contributed by atoms with Gasteiger partial charge in [-0.2, -0.15) is 0 Å². The fourth-order valence-electron chi connectivity index (χ4n) is 5.56. The molecule has 1 aromatic rings. The molecule has 0 amide bonds. The number of para-hydroxylation sites is 2. The van der Waals surface area contributed by atoms with Crippen molar-refractivity contribution in [2.24, 2.45) is 0 Å². The van der Waals surface area contributed by atoms with E-state index in [0.717, 1.165) is 6.67 Å². The molecule has 0 aromatic heterocycles. The molecule has 0 spiro atoms. The Morgan fingerprint density at radius 3 is 2.40 bits per heavy atom. The van der Waals surface area contributed by atoms with Crippen LogP contribution in [0.15, 0.2) is 24.3 Å². The SMILES string of the molecule is CCC1(N2CCC(N3CNc4ccccc43)CC2)CCCCCCC1. The summed E-state index contributed by atoms with van der Waals surface area (Å²) in [7, 11) is 0. The van der Waals surface area contributed by atoms with Gasteiger partial charge in [0.2, 0.25) is 0 Å². The number of rotatable bonds is 3. The van der Waals surface area contributed by atoms with E-state index in [2.05, 4.69) is 46.3 Å². The summed E-state index contributed by atoms with van der Waals surface area (Å²) >= 11 is 0. The van der Waals surface area contributed by atoms with Crippen LogP contribution in [-0.2, 0) is 0 Å². The Kier molecular flexibility index (Phi) is 5.21. The first-order valence-electron chi connectivity index (χ1n) is 10.7. The van der Waals surface area contributed by atoms with Crippen molar-refractivity contribution >= 4 is 11.4 Å². The summed E-state index contributed by atoms with van der Waals surface area (Å²) in [5.41, 5.74) is 3.24. The monoisotopic (exact) mass is 341 g/mol. The Morgan fingerprint density at radius 1 is 1.00 bits per heavy atom. The van der Waals surface area contributed by atoms with Gasteiger partial charge in [-0.15, -0.1) is 0 Å². The molecule has 138 valence electrons. The van der Waals surface area contributed by atoms with Gasteiger partial charge in [-0.1, -0.05) is 51.2 Å². The average Bonchev–Trinajstić information content (AvgIpc) is 3.07. The number of piperidine rings is 1. The largest absolute Gasteiger partial charge is 0.366 e. The highest BCUT2D eigenvalue weighted by Crippen LogP contribution is 2.39. The van der Waals surface area contributed by atoms with Gasteiger partial charge in [0.1, 0.15) is 0 Å². The molecule has 2 fully saturated rings. The smallest absolute Gasteiger partial charge is 0.0880 e. The molecule has 3 heteroatoms. The summed E-state index contributed by atoms with van der Waals surface area (Å²) in [4.78, 5) is 5.51. The van der Waals surface area contributed by atoms with E-state index in [4.69, 9.17) is 0 Å². The fourth-order valence-corrected chi connectivity index (χ4v) is 5.56. The van der Waals surface area contributed by atoms with Crippen LogP contribution >= 0.6 is 0 Å². The van der Waals surface area contributed by atoms with E-state index >= 15 is 0 Å². The van der Waals surface area contributed by atoms with E-state index in [1.807, 2.05) is 0 Å². The molecule has 3 nitrogen and oxygen atoms in total. The Labute approximate surface area is 153 Å². The second kappa shape index (κ2) is 7.57. The lowest BCUT2D eigenvalue weighted by molar-refractivity contribution is 0.0339. The minimum atomic E-state index is 0.507. The summed E-state index contributed by atoms with van der Waals surface area (Å²) in [5.74, 6) is 0. The molecule has 1 aliphatic carbocycles. The minimum Gasteiger partial charge on any atom is -0.366 e. The van der Waals surface area contributed by atoms with Gasteiger partial charge in [0.05, 0.1) is 18.0 Å². The van der Waals surface area contributed by atoms with E-state index in [1.165, 1.54) is 88.7 Å². The van der Waals surface area contributed by atoms with E-state index in [1.54, 1.807) is 0 Å². The predicted molar refractivity (Wildman–Crippen MR) is 107 cm³/mol. The van der Waals surface area contributed by atoms with Crippen molar-refractivity contribution in [3.05, 3.63) is 24.3 Å². The standard InChI is InChI=1S/C22H35N3/c1-2-22(14-8-4-3-5-9-15-22)24-16-12-19(13-17-24)25-18-23-20-10-6-7-11-21(20)25/h6-7,10-11,19,23H,2-5,8-9,12-18H2,1H3. The Morgan fingerprint density at radius 2 is 1.68 bits per heavy atom. The number of likely N-dealkylation sites (tertiary alicyclic amines) is 1. The van der Waals surface area contributed by atoms with Crippen molar-refractivity contribution < 1.29 is 0 Å². The van der Waals surface area contributed by atoms with Gasteiger partial charge >= 0.3 is 0 Å². The summed E-state index contributed by atoms with van der Waals surface area (Å²) in [6.45, 7) is 6.01. The van der Waals surface area contributed by atoms with E-state index in [-0.39, 0.29) is 0 Å². The Balaban J connectivity index is 1.41. The number of nitrogens with one attached hydrogen (secondary N) is 1. The van der Waals surface area contributed by atoms with Crippen LogP contribution in [-0.4, -0.2) is 36.2 Å².